The van der Waals surface area contributed by atoms with E-state index in [1.54, 1.807) is 19.1 Å². The van der Waals surface area contributed by atoms with Crippen LogP contribution in [0.25, 0.3) is 0 Å². The van der Waals surface area contributed by atoms with Gasteiger partial charge in [0.15, 0.2) is 5.82 Å². The summed E-state index contributed by atoms with van der Waals surface area (Å²) in [5.41, 5.74) is 0. The largest absolute Gasteiger partial charge is 0.356 e. The van der Waals surface area contributed by atoms with Gasteiger partial charge in [-0.05, 0) is 32.0 Å². The summed E-state index contributed by atoms with van der Waals surface area (Å²) in [7, 11) is -2.08. The van der Waals surface area contributed by atoms with Gasteiger partial charge in [-0.1, -0.05) is 5.16 Å². The van der Waals surface area contributed by atoms with E-state index in [4.69, 9.17) is 4.52 Å². The van der Waals surface area contributed by atoms with Crippen LogP contribution in [0.4, 0.5) is 5.82 Å². The molecule has 3 rings (SSSR count). The summed E-state index contributed by atoms with van der Waals surface area (Å²) < 4.78 is 30.8. The first-order valence-corrected chi connectivity index (χ1v) is 8.92. The lowest BCUT2D eigenvalue weighted by atomic mass is 9.97. The molecule has 1 fully saturated rings. The molecule has 1 N–H and O–H groups in total. The Labute approximate surface area is 135 Å². The van der Waals surface area contributed by atoms with E-state index in [0.717, 1.165) is 37.6 Å². The second-order valence-corrected chi connectivity index (χ2v) is 7.40. The lowest BCUT2D eigenvalue weighted by molar-refractivity contribution is 0.376. The highest BCUT2D eigenvalue weighted by Crippen LogP contribution is 2.27. The van der Waals surface area contributed by atoms with Crippen molar-refractivity contribution in [3.8, 4) is 0 Å². The molecule has 9 heteroatoms. The average molecular weight is 337 g/mol. The zero-order chi connectivity index (χ0) is 16.4. The van der Waals surface area contributed by atoms with Crippen molar-refractivity contribution >= 4 is 15.8 Å². The lowest BCUT2D eigenvalue weighted by Gasteiger charge is -2.32. The molecular formula is C14H19N5O3S. The van der Waals surface area contributed by atoms with E-state index in [-0.39, 0.29) is 10.8 Å². The first kappa shape index (κ1) is 15.9. The number of hydrogen-bond acceptors (Lipinski definition) is 7. The molecule has 2 aromatic rings. The van der Waals surface area contributed by atoms with Crippen LogP contribution in [0.3, 0.4) is 0 Å². The van der Waals surface area contributed by atoms with Gasteiger partial charge in [0, 0.05) is 32.1 Å². The van der Waals surface area contributed by atoms with E-state index in [1.807, 2.05) is 0 Å². The van der Waals surface area contributed by atoms with Crippen molar-refractivity contribution in [3.05, 3.63) is 30.0 Å². The second-order valence-electron chi connectivity index (χ2n) is 5.52. The van der Waals surface area contributed by atoms with Crippen LogP contribution >= 0.6 is 0 Å². The number of anilines is 1. The number of nitrogens with zero attached hydrogens (tertiary/aromatic N) is 4. The van der Waals surface area contributed by atoms with Crippen LogP contribution in [-0.4, -0.2) is 43.7 Å². The van der Waals surface area contributed by atoms with Crippen LogP contribution in [-0.2, 0) is 10.0 Å². The summed E-state index contributed by atoms with van der Waals surface area (Å²) in [6.07, 6.45) is 3.38. The topological polar surface area (TPSA) is 101 Å². The molecule has 8 nitrogen and oxygen atoms in total. The molecule has 0 unspecified atom stereocenters. The number of rotatable bonds is 4. The Morgan fingerprint density at radius 1 is 1.39 bits per heavy atom. The zero-order valence-corrected chi connectivity index (χ0v) is 13.9. The van der Waals surface area contributed by atoms with E-state index < -0.39 is 10.0 Å². The summed E-state index contributed by atoms with van der Waals surface area (Å²) in [5.74, 6) is 2.24. The van der Waals surface area contributed by atoms with Crippen molar-refractivity contribution in [3.63, 3.8) is 0 Å². The molecule has 0 radical (unpaired) electrons. The molecular weight excluding hydrogens is 318 g/mol. The molecule has 0 spiro atoms. The molecule has 0 aromatic carbocycles. The minimum absolute atomic E-state index is 0.158. The van der Waals surface area contributed by atoms with E-state index in [0.29, 0.717) is 5.89 Å². The molecule has 1 saturated heterocycles. The number of nitrogens with one attached hydrogen (secondary N) is 1. The molecule has 1 aliphatic heterocycles. The lowest BCUT2D eigenvalue weighted by Crippen LogP contribution is -2.35. The quantitative estimate of drug-likeness (QED) is 0.890. The Hall–Kier alpha value is -2.00. The molecule has 23 heavy (non-hydrogen) atoms. The smallest absolute Gasteiger partial charge is 0.241 e. The number of aromatic nitrogens is 3. The van der Waals surface area contributed by atoms with Crippen LogP contribution < -0.4 is 9.62 Å². The van der Waals surface area contributed by atoms with Gasteiger partial charge in [-0.2, -0.15) is 4.98 Å². The molecule has 0 bridgehead atoms. The first-order chi connectivity index (χ1) is 11.0. The number of hydrogen-bond donors (Lipinski definition) is 1. The number of pyridine rings is 1. The Morgan fingerprint density at radius 2 is 2.22 bits per heavy atom. The standard InChI is InChI=1S/C14H19N5O3S/c1-10-17-14(18-22-10)11-4-3-7-19(9-11)13-6-5-12(8-16-13)23(20,21)15-2/h5-6,8,11,15H,3-4,7,9H2,1-2H3/t11-/m1/s1. The maximum atomic E-state index is 11.7. The molecule has 124 valence electrons. The van der Waals surface area contributed by atoms with Crippen LogP contribution in [0.5, 0.6) is 0 Å². The van der Waals surface area contributed by atoms with Gasteiger partial charge in [0.2, 0.25) is 15.9 Å². The zero-order valence-electron chi connectivity index (χ0n) is 13.1. The monoisotopic (exact) mass is 337 g/mol. The van der Waals surface area contributed by atoms with Crippen molar-refractivity contribution in [2.24, 2.45) is 0 Å². The maximum absolute atomic E-state index is 11.7. The van der Waals surface area contributed by atoms with Crippen LogP contribution in [0.1, 0.15) is 30.5 Å². The van der Waals surface area contributed by atoms with Crippen LogP contribution in [0, 0.1) is 6.92 Å². The minimum Gasteiger partial charge on any atom is -0.356 e. The van der Waals surface area contributed by atoms with Crippen molar-refractivity contribution in [2.75, 3.05) is 25.0 Å². The third-order valence-electron chi connectivity index (χ3n) is 3.95. The third-order valence-corrected chi connectivity index (χ3v) is 5.35. The Bertz CT molecular complexity index is 772. The van der Waals surface area contributed by atoms with E-state index in [2.05, 4.69) is 24.7 Å². The maximum Gasteiger partial charge on any atom is 0.241 e. The van der Waals surface area contributed by atoms with Gasteiger partial charge in [-0.25, -0.2) is 18.1 Å². The summed E-state index contributed by atoms with van der Waals surface area (Å²) in [4.78, 5) is 10.9. The van der Waals surface area contributed by atoms with Gasteiger partial charge >= 0.3 is 0 Å². The van der Waals surface area contributed by atoms with Gasteiger partial charge in [0.25, 0.3) is 0 Å². The second kappa shape index (κ2) is 6.25. The molecule has 0 saturated carbocycles. The SMILES string of the molecule is CNS(=O)(=O)c1ccc(N2CCC[C@@H](c3noc(C)n3)C2)nc1. The van der Waals surface area contributed by atoms with E-state index in [1.165, 1.54) is 13.2 Å². The minimum atomic E-state index is -3.46. The Balaban J connectivity index is 1.76. The molecule has 2 aromatic heterocycles. The fourth-order valence-electron chi connectivity index (χ4n) is 2.71. The predicted molar refractivity (Wildman–Crippen MR) is 83.7 cm³/mol. The van der Waals surface area contributed by atoms with Crippen molar-refractivity contribution < 1.29 is 12.9 Å². The Morgan fingerprint density at radius 3 is 2.83 bits per heavy atom. The van der Waals surface area contributed by atoms with Gasteiger partial charge in [-0.3, -0.25) is 0 Å². The van der Waals surface area contributed by atoms with Gasteiger partial charge in [0.05, 0.1) is 0 Å². The molecule has 0 aliphatic carbocycles. The average Bonchev–Trinajstić information content (AvgIpc) is 3.02. The summed E-state index contributed by atoms with van der Waals surface area (Å²) >= 11 is 0. The first-order valence-electron chi connectivity index (χ1n) is 7.44. The normalized spacial score (nSPS) is 19.0. The van der Waals surface area contributed by atoms with E-state index >= 15 is 0 Å². The molecule has 1 aliphatic rings. The summed E-state index contributed by atoms with van der Waals surface area (Å²) in [6, 6.07) is 3.30. The predicted octanol–water partition coefficient (Wildman–Crippen LogP) is 1.07. The highest BCUT2D eigenvalue weighted by molar-refractivity contribution is 7.89. The summed E-state index contributed by atoms with van der Waals surface area (Å²) in [5, 5.41) is 4.00. The molecule has 3 heterocycles. The van der Waals surface area contributed by atoms with Crippen LogP contribution in [0.2, 0.25) is 0 Å². The van der Waals surface area contributed by atoms with E-state index in [9.17, 15) is 8.42 Å². The fourth-order valence-corrected chi connectivity index (χ4v) is 3.39. The number of piperidine rings is 1. The molecule has 1 atom stereocenters. The highest BCUT2D eigenvalue weighted by Gasteiger charge is 2.26. The van der Waals surface area contributed by atoms with Gasteiger partial charge in [0.1, 0.15) is 10.7 Å². The van der Waals surface area contributed by atoms with Crippen LogP contribution in [0.15, 0.2) is 27.7 Å². The van der Waals surface area contributed by atoms with Crippen molar-refractivity contribution in [1.29, 1.82) is 0 Å². The highest BCUT2D eigenvalue weighted by atomic mass is 32.2. The van der Waals surface area contributed by atoms with Crippen molar-refractivity contribution in [2.45, 2.75) is 30.6 Å². The number of aryl methyl sites for hydroxylation is 1. The van der Waals surface area contributed by atoms with Gasteiger partial charge in [-0.15, -0.1) is 0 Å². The Kier molecular flexibility index (Phi) is 4.31. The summed E-state index contributed by atoms with van der Waals surface area (Å²) in [6.45, 7) is 3.39. The number of sulfonamides is 1. The molecule has 0 amide bonds. The fraction of sp³-hybridized carbons (Fsp3) is 0.500. The van der Waals surface area contributed by atoms with Gasteiger partial charge < -0.3 is 9.42 Å². The van der Waals surface area contributed by atoms with Crippen molar-refractivity contribution in [1.82, 2.24) is 19.8 Å². The third kappa shape index (κ3) is 3.35.